The van der Waals surface area contributed by atoms with Crippen LogP contribution in [0.5, 0.6) is 0 Å². The second kappa shape index (κ2) is 5.72. The van der Waals surface area contributed by atoms with Gasteiger partial charge in [0.05, 0.1) is 0 Å². The molecule has 1 aliphatic rings. The van der Waals surface area contributed by atoms with Gasteiger partial charge in [-0.2, -0.15) is 11.3 Å². The lowest BCUT2D eigenvalue weighted by Crippen LogP contribution is -2.30. The average Bonchev–Trinajstić information content (AvgIpc) is 2.94. The molecule has 0 atom stereocenters. The molecule has 1 fully saturated rings. The predicted molar refractivity (Wildman–Crippen MR) is 81.2 cm³/mol. The molecule has 1 aliphatic carbocycles. The summed E-state index contributed by atoms with van der Waals surface area (Å²) in [6.45, 7) is 0.738. The van der Waals surface area contributed by atoms with Gasteiger partial charge in [0.1, 0.15) is 0 Å². The summed E-state index contributed by atoms with van der Waals surface area (Å²) in [4.78, 5) is 15.4. The first kappa shape index (κ1) is 12.6. The van der Waals surface area contributed by atoms with Crippen LogP contribution in [0.1, 0.15) is 23.3 Å². The Morgan fingerprint density at radius 1 is 1.37 bits per heavy atom. The van der Waals surface area contributed by atoms with Crippen molar-refractivity contribution in [1.82, 2.24) is 4.90 Å². The number of nitrogens with zero attached hydrogens (tertiary/aromatic N) is 1. The van der Waals surface area contributed by atoms with Crippen molar-refractivity contribution in [3.63, 3.8) is 0 Å². The second-order valence-corrected chi connectivity index (χ2v) is 6.44. The van der Waals surface area contributed by atoms with Crippen LogP contribution in [-0.4, -0.2) is 16.8 Å². The van der Waals surface area contributed by atoms with Gasteiger partial charge in [0.2, 0.25) is 5.91 Å². The quantitative estimate of drug-likeness (QED) is 0.761. The SMILES string of the molecule is O=C(/C=C/c1cccs1)N(Cc1ccsc1)C1CC1. The summed E-state index contributed by atoms with van der Waals surface area (Å²) in [5.41, 5.74) is 1.23. The highest BCUT2D eigenvalue weighted by molar-refractivity contribution is 7.10. The van der Waals surface area contributed by atoms with E-state index in [4.69, 9.17) is 0 Å². The maximum absolute atomic E-state index is 12.3. The van der Waals surface area contributed by atoms with E-state index in [9.17, 15) is 4.79 Å². The Bertz CT molecular complexity index is 553. The molecule has 98 valence electrons. The van der Waals surface area contributed by atoms with Gasteiger partial charge in [-0.05, 0) is 52.8 Å². The van der Waals surface area contributed by atoms with Crippen molar-refractivity contribution in [3.8, 4) is 0 Å². The summed E-state index contributed by atoms with van der Waals surface area (Å²) in [6.07, 6.45) is 5.90. The Labute approximate surface area is 121 Å². The first-order chi connectivity index (χ1) is 9.33. The highest BCUT2D eigenvalue weighted by atomic mass is 32.1. The number of rotatable bonds is 5. The lowest BCUT2D eigenvalue weighted by Gasteiger charge is -2.20. The smallest absolute Gasteiger partial charge is 0.247 e. The van der Waals surface area contributed by atoms with E-state index in [1.54, 1.807) is 28.7 Å². The minimum atomic E-state index is 0.127. The maximum atomic E-state index is 12.3. The fourth-order valence-corrected chi connectivity index (χ4v) is 3.27. The van der Waals surface area contributed by atoms with E-state index in [2.05, 4.69) is 16.8 Å². The van der Waals surface area contributed by atoms with E-state index >= 15 is 0 Å². The molecule has 0 bridgehead atoms. The number of carbonyl (C=O) groups is 1. The molecule has 2 nitrogen and oxygen atoms in total. The first-order valence-electron chi connectivity index (χ1n) is 6.36. The first-order valence-corrected chi connectivity index (χ1v) is 8.18. The molecule has 2 heterocycles. The number of thiophene rings is 2. The Kier molecular flexibility index (Phi) is 3.80. The lowest BCUT2D eigenvalue weighted by molar-refractivity contribution is -0.127. The van der Waals surface area contributed by atoms with Crippen LogP contribution in [0.2, 0.25) is 0 Å². The fraction of sp³-hybridized carbons (Fsp3) is 0.267. The molecular weight excluding hydrogens is 274 g/mol. The minimum absolute atomic E-state index is 0.127. The van der Waals surface area contributed by atoms with E-state index in [0.29, 0.717) is 6.04 Å². The zero-order valence-electron chi connectivity index (χ0n) is 10.5. The summed E-state index contributed by atoms with van der Waals surface area (Å²) in [6, 6.07) is 6.56. The normalized spacial score (nSPS) is 14.9. The van der Waals surface area contributed by atoms with Crippen molar-refractivity contribution >= 4 is 34.7 Å². The summed E-state index contributed by atoms with van der Waals surface area (Å²) >= 11 is 3.33. The largest absolute Gasteiger partial charge is 0.332 e. The Hall–Kier alpha value is -1.39. The van der Waals surface area contributed by atoms with Gasteiger partial charge in [-0.1, -0.05) is 6.07 Å². The molecule has 0 aliphatic heterocycles. The van der Waals surface area contributed by atoms with Crippen LogP contribution >= 0.6 is 22.7 Å². The number of hydrogen-bond donors (Lipinski definition) is 0. The fourth-order valence-electron chi connectivity index (χ4n) is 1.99. The van der Waals surface area contributed by atoms with Crippen LogP contribution in [0.4, 0.5) is 0 Å². The Morgan fingerprint density at radius 3 is 2.89 bits per heavy atom. The van der Waals surface area contributed by atoms with E-state index in [-0.39, 0.29) is 5.91 Å². The maximum Gasteiger partial charge on any atom is 0.247 e. The van der Waals surface area contributed by atoms with Crippen LogP contribution < -0.4 is 0 Å². The Morgan fingerprint density at radius 2 is 2.26 bits per heavy atom. The lowest BCUT2D eigenvalue weighted by atomic mass is 10.3. The molecule has 1 amide bonds. The second-order valence-electron chi connectivity index (χ2n) is 4.68. The highest BCUT2D eigenvalue weighted by Gasteiger charge is 2.31. The Balaban J connectivity index is 1.68. The van der Waals surface area contributed by atoms with Crippen molar-refractivity contribution in [2.45, 2.75) is 25.4 Å². The summed E-state index contributed by atoms with van der Waals surface area (Å²) < 4.78 is 0. The van der Waals surface area contributed by atoms with Gasteiger partial charge >= 0.3 is 0 Å². The zero-order chi connectivity index (χ0) is 13.1. The van der Waals surface area contributed by atoms with E-state index in [1.165, 1.54) is 5.56 Å². The van der Waals surface area contributed by atoms with Gasteiger partial charge in [-0.3, -0.25) is 4.79 Å². The van der Waals surface area contributed by atoms with E-state index < -0.39 is 0 Å². The molecular formula is C15H15NOS2. The number of amides is 1. The molecule has 0 radical (unpaired) electrons. The third-order valence-corrected chi connectivity index (χ3v) is 4.71. The van der Waals surface area contributed by atoms with Gasteiger partial charge in [-0.25, -0.2) is 0 Å². The van der Waals surface area contributed by atoms with Gasteiger partial charge < -0.3 is 4.90 Å². The van der Waals surface area contributed by atoms with Crippen molar-refractivity contribution in [2.24, 2.45) is 0 Å². The molecule has 2 aromatic rings. The molecule has 4 heteroatoms. The van der Waals surface area contributed by atoms with Crippen LogP contribution in [0.25, 0.3) is 6.08 Å². The molecule has 0 spiro atoms. The van der Waals surface area contributed by atoms with Crippen molar-refractivity contribution < 1.29 is 4.79 Å². The van der Waals surface area contributed by atoms with Gasteiger partial charge in [0.15, 0.2) is 0 Å². The van der Waals surface area contributed by atoms with Crippen molar-refractivity contribution in [1.29, 1.82) is 0 Å². The zero-order valence-corrected chi connectivity index (χ0v) is 12.1. The van der Waals surface area contributed by atoms with Gasteiger partial charge in [0.25, 0.3) is 0 Å². The average molecular weight is 289 g/mol. The summed E-state index contributed by atoms with van der Waals surface area (Å²) in [7, 11) is 0. The molecule has 0 N–H and O–H groups in total. The number of carbonyl (C=O) groups excluding carboxylic acids is 1. The van der Waals surface area contributed by atoms with Gasteiger partial charge in [0, 0.05) is 23.5 Å². The molecule has 3 rings (SSSR count). The summed E-state index contributed by atoms with van der Waals surface area (Å²) in [5, 5.41) is 6.20. The van der Waals surface area contributed by atoms with Crippen molar-refractivity contribution in [2.75, 3.05) is 0 Å². The van der Waals surface area contributed by atoms with Crippen LogP contribution in [0, 0.1) is 0 Å². The molecule has 19 heavy (non-hydrogen) atoms. The van der Waals surface area contributed by atoms with E-state index in [0.717, 1.165) is 24.3 Å². The monoisotopic (exact) mass is 289 g/mol. The van der Waals surface area contributed by atoms with Gasteiger partial charge in [-0.15, -0.1) is 11.3 Å². The number of hydrogen-bond acceptors (Lipinski definition) is 3. The third kappa shape index (κ3) is 3.33. The molecule has 1 saturated carbocycles. The standard InChI is InChI=1S/C15H15NOS2/c17-15(6-5-14-2-1-8-19-14)16(13-3-4-13)10-12-7-9-18-11-12/h1-2,5-9,11,13H,3-4,10H2/b6-5+. The molecule has 2 aromatic heterocycles. The topological polar surface area (TPSA) is 20.3 Å². The predicted octanol–water partition coefficient (Wildman–Crippen LogP) is 4.01. The molecule has 0 saturated heterocycles. The summed E-state index contributed by atoms with van der Waals surface area (Å²) in [5.74, 6) is 0.127. The molecule has 0 unspecified atom stereocenters. The van der Waals surface area contributed by atoms with E-state index in [1.807, 2.05) is 28.5 Å². The van der Waals surface area contributed by atoms with Crippen LogP contribution in [-0.2, 0) is 11.3 Å². The van der Waals surface area contributed by atoms with Crippen LogP contribution in [0.3, 0.4) is 0 Å². The van der Waals surface area contributed by atoms with Crippen LogP contribution in [0.15, 0.2) is 40.4 Å². The highest BCUT2D eigenvalue weighted by Crippen LogP contribution is 2.29. The third-order valence-electron chi connectivity index (χ3n) is 3.14. The minimum Gasteiger partial charge on any atom is -0.332 e. The molecule has 0 aromatic carbocycles. The van der Waals surface area contributed by atoms with Crippen molar-refractivity contribution in [3.05, 3.63) is 50.9 Å².